The first-order valence-corrected chi connectivity index (χ1v) is 5.23. The zero-order valence-electron chi connectivity index (χ0n) is 9.43. The fraction of sp³-hybridized carbons (Fsp3) is 0.636. The lowest BCUT2D eigenvalue weighted by Crippen LogP contribution is -2.15. The lowest BCUT2D eigenvalue weighted by atomic mass is 9.92. The van der Waals surface area contributed by atoms with Crippen molar-refractivity contribution in [2.45, 2.75) is 46.0 Å². The zero-order valence-corrected chi connectivity index (χ0v) is 10.2. The van der Waals surface area contributed by atoms with Gasteiger partial charge < -0.3 is 0 Å². The van der Waals surface area contributed by atoms with Gasteiger partial charge in [0, 0.05) is 11.6 Å². The van der Waals surface area contributed by atoms with Crippen molar-refractivity contribution in [2.24, 2.45) is 0 Å². The van der Waals surface area contributed by atoms with Crippen LogP contribution in [0.5, 0.6) is 0 Å². The second-order valence-corrected chi connectivity index (χ2v) is 5.19. The van der Waals surface area contributed by atoms with Gasteiger partial charge in [-0.3, -0.25) is 4.98 Å². The van der Waals surface area contributed by atoms with Crippen LogP contribution in [0, 0.1) is 0 Å². The van der Waals surface area contributed by atoms with Gasteiger partial charge >= 0.3 is 0 Å². The monoisotopic (exact) mass is 212 g/mol. The predicted octanol–water partition coefficient (Wildman–Crippen LogP) is 3.55. The van der Waals surface area contributed by atoms with Gasteiger partial charge in [0.15, 0.2) is 5.15 Å². The number of aromatic nitrogens is 2. The fourth-order valence-corrected chi connectivity index (χ4v) is 1.48. The summed E-state index contributed by atoms with van der Waals surface area (Å²) >= 11 is 6.06. The Bertz CT molecular complexity index is 327. The molecule has 1 heterocycles. The third-order valence-electron chi connectivity index (χ3n) is 2.07. The Hall–Kier alpha value is -0.630. The highest BCUT2D eigenvalue weighted by Crippen LogP contribution is 2.25. The van der Waals surface area contributed by atoms with Crippen LogP contribution < -0.4 is 0 Å². The van der Waals surface area contributed by atoms with Crippen LogP contribution in [0.15, 0.2) is 6.20 Å². The van der Waals surface area contributed by atoms with E-state index in [1.807, 2.05) is 6.20 Å². The van der Waals surface area contributed by atoms with Gasteiger partial charge in [0.1, 0.15) is 0 Å². The van der Waals surface area contributed by atoms with Crippen molar-refractivity contribution in [1.82, 2.24) is 9.97 Å². The van der Waals surface area contributed by atoms with Gasteiger partial charge in [-0.05, 0) is 5.92 Å². The molecule has 14 heavy (non-hydrogen) atoms. The lowest BCUT2D eigenvalue weighted by molar-refractivity contribution is 0.563. The van der Waals surface area contributed by atoms with Gasteiger partial charge in [0.05, 0.1) is 11.4 Å². The van der Waals surface area contributed by atoms with E-state index in [9.17, 15) is 0 Å². The first-order chi connectivity index (χ1) is 6.32. The van der Waals surface area contributed by atoms with Gasteiger partial charge in [0.2, 0.25) is 0 Å². The van der Waals surface area contributed by atoms with Crippen LogP contribution in [-0.2, 0) is 5.41 Å². The highest BCUT2D eigenvalue weighted by Gasteiger charge is 2.18. The molecule has 0 unspecified atom stereocenters. The van der Waals surface area contributed by atoms with Crippen molar-refractivity contribution < 1.29 is 0 Å². The molecule has 0 aliphatic rings. The van der Waals surface area contributed by atoms with Crippen molar-refractivity contribution >= 4 is 11.6 Å². The Balaban J connectivity index is 3.13. The van der Waals surface area contributed by atoms with Gasteiger partial charge in [-0.2, -0.15) is 0 Å². The molecule has 0 radical (unpaired) electrons. The van der Waals surface area contributed by atoms with Gasteiger partial charge in [-0.25, -0.2) is 4.98 Å². The van der Waals surface area contributed by atoms with E-state index >= 15 is 0 Å². The first kappa shape index (κ1) is 11.4. The van der Waals surface area contributed by atoms with E-state index in [0.29, 0.717) is 11.1 Å². The molecule has 0 fully saturated rings. The number of halogens is 1. The van der Waals surface area contributed by atoms with Crippen molar-refractivity contribution in [3.8, 4) is 0 Å². The maximum atomic E-state index is 6.06. The third-order valence-corrected chi connectivity index (χ3v) is 2.35. The minimum atomic E-state index is 0.00610. The van der Waals surface area contributed by atoms with Crippen molar-refractivity contribution in [3.63, 3.8) is 0 Å². The Morgan fingerprint density at radius 1 is 1.29 bits per heavy atom. The number of hydrogen-bond donors (Lipinski definition) is 0. The Morgan fingerprint density at radius 3 is 2.21 bits per heavy atom. The molecule has 0 bridgehead atoms. The van der Waals surface area contributed by atoms with E-state index < -0.39 is 0 Å². The minimum absolute atomic E-state index is 0.00610. The van der Waals surface area contributed by atoms with E-state index in [-0.39, 0.29) is 5.41 Å². The van der Waals surface area contributed by atoms with Crippen LogP contribution in [-0.4, -0.2) is 9.97 Å². The first-order valence-electron chi connectivity index (χ1n) is 4.85. The molecule has 0 atom stereocenters. The Kier molecular flexibility index (Phi) is 3.15. The van der Waals surface area contributed by atoms with Gasteiger partial charge in [-0.1, -0.05) is 46.2 Å². The summed E-state index contributed by atoms with van der Waals surface area (Å²) in [5.41, 5.74) is 1.82. The van der Waals surface area contributed by atoms with Crippen molar-refractivity contribution in [2.75, 3.05) is 0 Å². The Labute approximate surface area is 90.7 Å². The highest BCUT2D eigenvalue weighted by atomic mass is 35.5. The minimum Gasteiger partial charge on any atom is -0.256 e. The van der Waals surface area contributed by atoms with Gasteiger partial charge in [-0.15, -0.1) is 0 Å². The maximum Gasteiger partial charge on any atom is 0.151 e. The molecular weight excluding hydrogens is 196 g/mol. The summed E-state index contributed by atoms with van der Waals surface area (Å²) in [7, 11) is 0. The fourth-order valence-electron chi connectivity index (χ4n) is 1.12. The third kappa shape index (κ3) is 2.44. The van der Waals surface area contributed by atoms with Crippen LogP contribution in [0.25, 0.3) is 0 Å². The normalized spacial score (nSPS) is 12.2. The van der Waals surface area contributed by atoms with Crippen LogP contribution in [0.1, 0.15) is 51.9 Å². The zero-order chi connectivity index (χ0) is 10.9. The number of hydrogen-bond acceptors (Lipinski definition) is 2. The summed E-state index contributed by atoms with van der Waals surface area (Å²) in [6, 6.07) is 0. The molecule has 0 saturated heterocycles. The molecule has 1 aromatic rings. The molecule has 0 N–H and O–H groups in total. The highest BCUT2D eigenvalue weighted by molar-refractivity contribution is 6.30. The molecule has 0 aliphatic heterocycles. The van der Waals surface area contributed by atoms with Crippen molar-refractivity contribution in [3.05, 3.63) is 22.7 Å². The van der Waals surface area contributed by atoms with Crippen molar-refractivity contribution in [1.29, 1.82) is 0 Å². The molecule has 0 saturated carbocycles. The smallest absolute Gasteiger partial charge is 0.151 e. The molecule has 0 amide bonds. The molecule has 1 aromatic heterocycles. The van der Waals surface area contributed by atoms with E-state index in [1.165, 1.54) is 0 Å². The van der Waals surface area contributed by atoms with Crippen LogP contribution >= 0.6 is 11.6 Å². The summed E-state index contributed by atoms with van der Waals surface area (Å²) in [5.74, 6) is 0.323. The summed E-state index contributed by atoms with van der Waals surface area (Å²) in [6.07, 6.45) is 1.82. The Morgan fingerprint density at radius 2 is 1.86 bits per heavy atom. The maximum absolute atomic E-state index is 6.06. The summed E-state index contributed by atoms with van der Waals surface area (Å²) < 4.78 is 0. The molecule has 0 aliphatic carbocycles. The molecule has 0 aromatic carbocycles. The van der Waals surface area contributed by atoms with Gasteiger partial charge in [0.25, 0.3) is 0 Å². The number of nitrogens with zero attached hydrogens (tertiary/aromatic N) is 2. The van der Waals surface area contributed by atoms with E-state index in [2.05, 4.69) is 44.6 Å². The topological polar surface area (TPSA) is 25.8 Å². The summed E-state index contributed by atoms with van der Waals surface area (Å²) in [5, 5.41) is 0.535. The largest absolute Gasteiger partial charge is 0.256 e. The average molecular weight is 213 g/mol. The van der Waals surface area contributed by atoms with E-state index in [4.69, 9.17) is 11.6 Å². The quantitative estimate of drug-likeness (QED) is 0.712. The number of rotatable bonds is 1. The second kappa shape index (κ2) is 3.85. The van der Waals surface area contributed by atoms with Crippen LogP contribution in [0.2, 0.25) is 5.15 Å². The molecular formula is C11H17ClN2. The molecule has 1 rings (SSSR count). The standard InChI is InChI=1S/C11H17ClN2/c1-7(2)9-10(12)14-8(6-13-9)11(3,4)5/h6-7H,1-5H3. The molecule has 3 heteroatoms. The summed E-state index contributed by atoms with van der Waals surface area (Å²) in [6.45, 7) is 10.4. The molecule has 78 valence electrons. The van der Waals surface area contributed by atoms with Crippen LogP contribution in [0.3, 0.4) is 0 Å². The SMILES string of the molecule is CC(C)c1ncc(C(C)(C)C)nc1Cl. The second-order valence-electron chi connectivity index (χ2n) is 4.84. The van der Waals surface area contributed by atoms with E-state index in [1.54, 1.807) is 0 Å². The van der Waals surface area contributed by atoms with Crippen LogP contribution in [0.4, 0.5) is 0 Å². The lowest BCUT2D eigenvalue weighted by Gasteiger charge is -2.18. The molecule has 0 spiro atoms. The predicted molar refractivity (Wildman–Crippen MR) is 59.8 cm³/mol. The molecule has 2 nitrogen and oxygen atoms in total. The summed E-state index contributed by atoms with van der Waals surface area (Å²) in [4.78, 5) is 8.72. The average Bonchev–Trinajstić information content (AvgIpc) is 2.01. The van der Waals surface area contributed by atoms with E-state index in [0.717, 1.165) is 11.4 Å².